The van der Waals surface area contributed by atoms with E-state index in [1.165, 1.54) is 18.3 Å². The Hall–Kier alpha value is -3.35. The quantitative estimate of drug-likeness (QED) is 0.166. The monoisotopic (exact) mass is 512 g/mol. The van der Waals surface area contributed by atoms with E-state index in [0.29, 0.717) is 28.5 Å². The van der Waals surface area contributed by atoms with Crippen LogP contribution in [0.5, 0.6) is 11.5 Å². The van der Waals surface area contributed by atoms with Crippen molar-refractivity contribution < 1.29 is 19.1 Å². The summed E-state index contributed by atoms with van der Waals surface area (Å²) in [4.78, 5) is 25.0. The molecule has 182 valence electrons. The van der Waals surface area contributed by atoms with E-state index in [1.807, 2.05) is 19.1 Å². The van der Waals surface area contributed by atoms with Gasteiger partial charge in [-0.05, 0) is 72.0 Å². The third-order valence-corrected chi connectivity index (χ3v) is 5.56. The summed E-state index contributed by atoms with van der Waals surface area (Å²) < 4.78 is 11.1. The fourth-order valence-electron chi connectivity index (χ4n) is 3.12. The summed E-state index contributed by atoms with van der Waals surface area (Å²) in [5.74, 6) is -0.391. The molecule has 35 heavy (non-hydrogen) atoms. The molecule has 0 bridgehead atoms. The highest BCUT2D eigenvalue weighted by atomic mass is 35.5. The number of hydrogen-bond donors (Lipinski definition) is 1. The molecule has 6 nitrogen and oxygen atoms in total. The molecule has 0 atom stereocenters. The Bertz CT molecular complexity index is 1250. The minimum atomic E-state index is -0.640. The Balaban J connectivity index is 1.69. The van der Waals surface area contributed by atoms with Gasteiger partial charge in [0.05, 0.1) is 23.4 Å². The average Bonchev–Trinajstić information content (AvgIpc) is 2.80. The van der Waals surface area contributed by atoms with E-state index in [0.717, 1.165) is 5.56 Å². The first kappa shape index (κ1) is 26.3. The number of amides is 1. The number of hydrazone groups is 1. The molecule has 0 radical (unpaired) electrons. The first-order chi connectivity index (χ1) is 16.6. The lowest BCUT2D eigenvalue weighted by Gasteiger charge is -2.18. The van der Waals surface area contributed by atoms with Crippen molar-refractivity contribution in [3.63, 3.8) is 0 Å². The summed E-state index contributed by atoms with van der Waals surface area (Å²) in [6.07, 6.45) is 1.48. The number of carbonyl (C=O) groups excluding carboxylic acids is 2. The van der Waals surface area contributed by atoms with Crippen LogP contribution in [0.15, 0.2) is 65.8 Å². The first-order valence-corrected chi connectivity index (χ1v) is 11.7. The summed E-state index contributed by atoms with van der Waals surface area (Å²) in [5.41, 5.74) is 4.99. The zero-order valence-electron chi connectivity index (χ0n) is 19.9. The largest absolute Gasteiger partial charge is 0.490 e. The van der Waals surface area contributed by atoms with E-state index in [2.05, 4.69) is 31.3 Å². The molecular weight excluding hydrogens is 487 g/mol. The second kappa shape index (κ2) is 11.4. The molecule has 0 saturated heterocycles. The SMILES string of the molecule is CCOc1cc(/C=N\NC(=O)c2ccc(C(C)(C)C)cc2)ccc1OC(=O)c1ccc(Cl)cc1Cl. The average molecular weight is 513 g/mol. The van der Waals surface area contributed by atoms with Crippen molar-refractivity contribution in [1.82, 2.24) is 5.43 Å². The fraction of sp³-hybridized carbons (Fsp3) is 0.222. The first-order valence-electron chi connectivity index (χ1n) is 11.0. The number of esters is 1. The lowest BCUT2D eigenvalue weighted by Crippen LogP contribution is -2.18. The molecule has 3 aromatic carbocycles. The van der Waals surface area contributed by atoms with Crippen LogP contribution in [-0.2, 0) is 5.41 Å². The Labute approximate surface area is 214 Å². The second-order valence-electron chi connectivity index (χ2n) is 8.68. The summed E-state index contributed by atoms with van der Waals surface area (Å²) >= 11 is 12.0. The van der Waals surface area contributed by atoms with Crippen LogP contribution in [0.1, 0.15) is 59.5 Å². The van der Waals surface area contributed by atoms with Gasteiger partial charge in [0.2, 0.25) is 0 Å². The van der Waals surface area contributed by atoms with Gasteiger partial charge in [0.1, 0.15) is 0 Å². The number of rotatable bonds is 7. The van der Waals surface area contributed by atoms with Crippen LogP contribution in [0.2, 0.25) is 10.0 Å². The van der Waals surface area contributed by atoms with E-state index in [4.69, 9.17) is 32.7 Å². The van der Waals surface area contributed by atoms with Gasteiger partial charge in [0, 0.05) is 10.6 Å². The third kappa shape index (κ3) is 7.07. The van der Waals surface area contributed by atoms with Gasteiger partial charge in [0.25, 0.3) is 5.91 Å². The molecule has 0 aromatic heterocycles. The number of nitrogens with zero attached hydrogens (tertiary/aromatic N) is 1. The predicted octanol–water partition coefficient (Wildman–Crippen LogP) is 6.67. The number of ether oxygens (including phenoxy) is 2. The normalized spacial score (nSPS) is 11.4. The number of benzene rings is 3. The van der Waals surface area contributed by atoms with Gasteiger partial charge in [-0.1, -0.05) is 56.1 Å². The van der Waals surface area contributed by atoms with Crippen LogP contribution >= 0.6 is 23.2 Å². The molecule has 3 rings (SSSR count). The molecule has 8 heteroatoms. The van der Waals surface area contributed by atoms with Crippen LogP contribution in [0.3, 0.4) is 0 Å². The summed E-state index contributed by atoms with van der Waals surface area (Å²) in [5, 5.41) is 4.63. The van der Waals surface area contributed by atoms with Crippen molar-refractivity contribution in [3.05, 3.63) is 93.0 Å². The van der Waals surface area contributed by atoms with Crippen molar-refractivity contribution >= 4 is 41.3 Å². The topological polar surface area (TPSA) is 77.0 Å². The van der Waals surface area contributed by atoms with Crippen LogP contribution in [0.4, 0.5) is 0 Å². The van der Waals surface area contributed by atoms with E-state index < -0.39 is 5.97 Å². The zero-order chi connectivity index (χ0) is 25.6. The van der Waals surface area contributed by atoms with E-state index in [9.17, 15) is 9.59 Å². The molecule has 0 unspecified atom stereocenters. The molecule has 1 amide bonds. The Morgan fingerprint density at radius 3 is 2.31 bits per heavy atom. The van der Waals surface area contributed by atoms with Crippen LogP contribution in [-0.4, -0.2) is 24.7 Å². The van der Waals surface area contributed by atoms with Gasteiger partial charge >= 0.3 is 5.97 Å². The zero-order valence-corrected chi connectivity index (χ0v) is 21.4. The molecule has 1 N–H and O–H groups in total. The fourth-order valence-corrected chi connectivity index (χ4v) is 3.60. The maximum atomic E-state index is 12.6. The minimum absolute atomic E-state index is 0.00694. The molecule has 0 aliphatic rings. The highest BCUT2D eigenvalue weighted by molar-refractivity contribution is 6.36. The number of halogens is 2. The number of nitrogens with one attached hydrogen (secondary N) is 1. The van der Waals surface area contributed by atoms with Crippen molar-refractivity contribution in [2.45, 2.75) is 33.1 Å². The molecular formula is C27H26Cl2N2O4. The van der Waals surface area contributed by atoms with Crippen LogP contribution in [0, 0.1) is 0 Å². The standard InChI is InChI=1S/C27H26Cl2N2O4/c1-5-34-24-14-17(6-13-23(24)35-26(33)21-12-11-20(28)15-22(21)29)16-30-31-25(32)18-7-9-19(10-8-18)27(2,3)4/h6-16H,5H2,1-4H3,(H,31,32)/b30-16-. The van der Waals surface area contributed by atoms with E-state index in [-0.39, 0.29) is 27.7 Å². The highest BCUT2D eigenvalue weighted by Gasteiger charge is 2.17. The molecule has 0 saturated carbocycles. The Morgan fingerprint density at radius 1 is 0.971 bits per heavy atom. The van der Waals surface area contributed by atoms with Crippen molar-refractivity contribution in [3.8, 4) is 11.5 Å². The molecule has 0 aliphatic carbocycles. The van der Waals surface area contributed by atoms with E-state index in [1.54, 1.807) is 36.4 Å². The number of carbonyl (C=O) groups is 2. The van der Waals surface area contributed by atoms with Gasteiger partial charge in [0.15, 0.2) is 11.5 Å². The second-order valence-corrected chi connectivity index (χ2v) is 9.52. The maximum absolute atomic E-state index is 12.6. The van der Waals surface area contributed by atoms with Crippen LogP contribution in [0.25, 0.3) is 0 Å². The van der Waals surface area contributed by atoms with Crippen LogP contribution < -0.4 is 14.9 Å². The lowest BCUT2D eigenvalue weighted by atomic mass is 9.87. The lowest BCUT2D eigenvalue weighted by molar-refractivity contribution is 0.0728. The molecule has 0 spiro atoms. The maximum Gasteiger partial charge on any atom is 0.345 e. The van der Waals surface area contributed by atoms with Crippen molar-refractivity contribution in [1.29, 1.82) is 0 Å². The summed E-state index contributed by atoms with van der Waals surface area (Å²) in [6, 6.07) is 16.9. The third-order valence-electron chi connectivity index (χ3n) is 5.01. The molecule has 0 heterocycles. The van der Waals surface area contributed by atoms with Crippen molar-refractivity contribution in [2.75, 3.05) is 6.61 Å². The predicted molar refractivity (Wildman–Crippen MR) is 139 cm³/mol. The smallest absolute Gasteiger partial charge is 0.345 e. The molecule has 3 aromatic rings. The van der Waals surface area contributed by atoms with Gasteiger partial charge in [-0.15, -0.1) is 0 Å². The summed E-state index contributed by atoms with van der Waals surface area (Å²) in [7, 11) is 0. The van der Waals surface area contributed by atoms with Gasteiger partial charge < -0.3 is 9.47 Å². The van der Waals surface area contributed by atoms with Crippen molar-refractivity contribution in [2.24, 2.45) is 5.10 Å². The van der Waals surface area contributed by atoms with Gasteiger partial charge in [-0.2, -0.15) is 5.10 Å². The molecule has 0 fully saturated rings. The molecule has 0 aliphatic heterocycles. The minimum Gasteiger partial charge on any atom is -0.490 e. The highest BCUT2D eigenvalue weighted by Crippen LogP contribution is 2.30. The summed E-state index contributed by atoms with van der Waals surface area (Å²) in [6.45, 7) is 8.51. The Morgan fingerprint density at radius 2 is 1.69 bits per heavy atom. The van der Waals surface area contributed by atoms with Gasteiger partial charge in [-0.3, -0.25) is 4.79 Å². The van der Waals surface area contributed by atoms with E-state index >= 15 is 0 Å². The number of hydrogen-bond acceptors (Lipinski definition) is 5. The van der Waals surface area contributed by atoms with Gasteiger partial charge in [-0.25, -0.2) is 10.2 Å². The Kier molecular flexibility index (Phi) is 8.54.